The van der Waals surface area contributed by atoms with Crippen LogP contribution in [-0.4, -0.2) is 36.3 Å². The maximum atomic E-state index is 13.7. The second-order valence-corrected chi connectivity index (χ2v) is 9.90. The summed E-state index contributed by atoms with van der Waals surface area (Å²) in [6.07, 6.45) is -17.9. The van der Waals surface area contributed by atoms with Crippen molar-refractivity contribution >= 4 is 17.9 Å². The SMILES string of the molecule is CC[C@@H]1C[C@H](N(Cc2cc(C(F)(F)F)cc(C(F)(F)F)c2)C(=O)OC)c2cc(C(F)(F)F)ccc2N1C(=O)OC(C)C. The minimum absolute atomic E-state index is 0.0642. The second kappa shape index (κ2) is 11.9. The van der Waals surface area contributed by atoms with Gasteiger partial charge in [-0.05, 0) is 74.2 Å². The number of amides is 2. The van der Waals surface area contributed by atoms with Crippen LogP contribution in [0.25, 0.3) is 0 Å². The molecular formula is C27H27F9N2O4. The Morgan fingerprint density at radius 1 is 0.905 bits per heavy atom. The third-order valence-electron chi connectivity index (χ3n) is 6.62. The van der Waals surface area contributed by atoms with E-state index in [0.29, 0.717) is 24.3 Å². The molecule has 0 unspecified atom stereocenters. The molecule has 6 nitrogen and oxygen atoms in total. The molecule has 0 radical (unpaired) electrons. The molecule has 1 aliphatic rings. The number of rotatable bonds is 5. The summed E-state index contributed by atoms with van der Waals surface area (Å²) in [5.74, 6) is 0. The third-order valence-corrected chi connectivity index (χ3v) is 6.62. The van der Waals surface area contributed by atoms with E-state index in [-0.39, 0.29) is 30.2 Å². The molecule has 0 bridgehead atoms. The molecule has 0 fully saturated rings. The first-order chi connectivity index (χ1) is 19.3. The quantitative estimate of drug-likeness (QED) is 0.317. The van der Waals surface area contributed by atoms with E-state index in [2.05, 4.69) is 0 Å². The zero-order valence-corrected chi connectivity index (χ0v) is 22.7. The Labute approximate surface area is 235 Å². The van der Waals surface area contributed by atoms with E-state index in [9.17, 15) is 49.1 Å². The second-order valence-electron chi connectivity index (χ2n) is 9.90. The van der Waals surface area contributed by atoms with Gasteiger partial charge in [0.15, 0.2) is 0 Å². The molecule has 232 valence electrons. The molecule has 0 saturated carbocycles. The van der Waals surface area contributed by atoms with Gasteiger partial charge in [0, 0.05) is 12.6 Å². The van der Waals surface area contributed by atoms with Gasteiger partial charge in [-0.3, -0.25) is 9.80 Å². The molecular weight excluding hydrogens is 587 g/mol. The van der Waals surface area contributed by atoms with Gasteiger partial charge in [0.05, 0.1) is 41.6 Å². The first-order valence-electron chi connectivity index (χ1n) is 12.6. The van der Waals surface area contributed by atoms with Crippen molar-refractivity contribution in [3.8, 4) is 0 Å². The molecule has 1 heterocycles. The largest absolute Gasteiger partial charge is 0.453 e. The van der Waals surface area contributed by atoms with Crippen LogP contribution in [0, 0.1) is 0 Å². The number of fused-ring (bicyclic) bond motifs is 1. The molecule has 0 aliphatic carbocycles. The Bertz CT molecular complexity index is 1270. The lowest BCUT2D eigenvalue weighted by Crippen LogP contribution is -2.49. The molecule has 42 heavy (non-hydrogen) atoms. The fraction of sp³-hybridized carbons (Fsp3) is 0.481. The van der Waals surface area contributed by atoms with Gasteiger partial charge in [-0.25, -0.2) is 9.59 Å². The van der Waals surface area contributed by atoms with Crippen molar-refractivity contribution in [2.75, 3.05) is 12.0 Å². The van der Waals surface area contributed by atoms with E-state index in [1.54, 1.807) is 20.8 Å². The smallest absolute Gasteiger partial charge is 0.416 e. The summed E-state index contributed by atoms with van der Waals surface area (Å²) in [5.41, 5.74) is -5.29. The summed E-state index contributed by atoms with van der Waals surface area (Å²) >= 11 is 0. The number of carbonyl (C=O) groups is 2. The normalized spacial score (nSPS) is 17.6. The van der Waals surface area contributed by atoms with Crippen LogP contribution in [0.4, 0.5) is 54.8 Å². The number of hydrogen-bond acceptors (Lipinski definition) is 4. The summed E-state index contributed by atoms with van der Waals surface area (Å²) in [4.78, 5) is 27.8. The number of anilines is 1. The van der Waals surface area contributed by atoms with Crippen molar-refractivity contribution in [3.63, 3.8) is 0 Å². The van der Waals surface area contributed by atoms with Crippen LogP contribution in [0.5, 0.6) is 0 Å². The highest BCUT2D eigenvalue weighted by Crippen LogP contribution is 2.45. The lowest BCUT2D eigenvalue weighted by Gasteiger charge is -2.44. The van der Waals surface area contributed by atoms with Crippen LogP contribution < -0.4 is 4.90 Å². The van der Waals surface area contributed by atoms with Gasteiger partial charge in [-0.1, -0.05) is 6.92 Å². The number of methoxy groups -OCH3 is 1. The predicted octanol–water partition coefficient (Wildman–Crippen LogP) is 8.59. The Hall–Kier alpha value is -3.65. The average molecular weight is 615 g/mol. The molecule has 2 aromatic rings. The average Bonchev–Trinajstić information content (AvgIpc) is 2.87. The lowest BCUT2D eigenvalue weighted by atomic mass is 9.87. The summed E-state index contributed by atoms with van der Waals surface area (Å²) in [7, 11) is 0.905. The number of carbonyl (C=O) groups excluding carboxylic acids is 2. The number of hydrogen-bond donors (Lipinski definition) is 0. The maximum Gasteiger partial charge on any atom is 0.416 e. The van der Waals surface area contributed by atoms with Crippen molar-refractivity contribution < 1.29 is 58.6 Å². The Morgan fingerprint density at radius 3 is 1.90 bits per heavy atom. The van der Waals surface area contributed by atoms with E-state index < -0.39 is 77.7 Å². The molecule has 2 aromatic carbocycles. The molecule has 0 spiro atoms. The van der Waals surface area contributed by atoms with Crippen molar-refractivity contribution in [3.05, 3.63) is 64.2 Å². The van der Waals surface area contributed by atoms with E-state index in [0.717, 1.165) is 23.0 Å². The van der Waals surface area contributed by atoms with Gasteiger partial charge >= 0.3 is 30.7 Å². The van der Waals surface area contributed by atoms with Crippen LogP contribution in [0.2, 0.25) is 0 Å². The predicted molar refractivity (Wildman–Crippen MR) is 131 cm³/mol. The standard InChI is InChI=1S/C27H27F9N2O4/c1-5-19-12-22(20-11-16(25(28,29)30)6-7-21(20)38(19)24(40)42-14(2)3)37(23(39)41-4)13-15-8-17(26(31,32)33)10-18(9-15)27(34,35)36/h6-11,14,19,22H,5,12-13H2,1-4H3/t19-,22+/m1/s1. The van der Waals surface area contributed by atoms with Crippen LogP contribution >= 0.6 is 0 Å². The highest BCUT2D eigenvalue weighted by atomic mass is 19.4. The maximum absolute atomic E-state index is 13.7. The lowest BCUT2D eigenvalue weighted by molar-refractivity contribution is -0.143. The molecule has 15 heteroatoms. The van der Waals surface area contributed by atoms with Crippen LogP contribution in [0.1, 0.15) is 67.5 Å². The van der Waals surface area contributed by atoms with Gasteiger partial charge in [0.25, 0.3) is 0 Å². The first-order valence-corrected chi connectivity index (χ1v) is 12.6. The number of nitrogens with zero attached hydrogens (tertiary/aromatic N) is 2. The minimum Gasteiger partial charge on any atom is -0.453 e. The van der Waals surface area contributed by atoms with Crippen LogP contribution in [-0.2, 0) is 34.5 Å². The highest BCUT2D eigenvalue weighted by molar-refractivity contribution is 5.90. The fourth-order valence-corrected chi connectivity index (χ4v) is 4.78. The van der Waals surface area contributed by atoms with Crippen molar-refractivity contribution in [2.24, 2.45) is 0 Å². The van der Waals surface area contributed by atoms with E-state index in [1.165, 1.54) is 0 Å². The summed E-state index contributed by atoms with van der Waals surface area (Å²) in [6.45, 7) is 3.88. The number of halogens is 9. The number of ether oxygens (including phenoxy) is 2. The topological polar surface area (TPSA) is 59.1 Å². The van der Waals surface area contributed by atoms with Crippen LogP contribution in [0.3, 0.4) is 0 Å². The molecule has 2 amide bonds. The summed E-state index contributed by atoms with van der Waals surface area (Å²) in [5, 5.41) is 0. The third kappa shape index (κ3) is 7.21. The van der Waals surface area contributed by atoms with Gasteiger partial charge in [-0.2, -0.15) is 39.5 Å². The molecule has 2 atom stereocenters. The first kappa shape index (κ1) is 32.9. The van der Waals surface area contributed by atoms with Gasteiger partial charge in [0.1, 0.15) is 0 Å². The Morgan fingerprint density at radius 2 is 1.45 bits per heavy atom. The molecule has 0 N–H and O–H groups in total. The highest BCUT2D eigenvalue weighted by Gasteiger charge is 2.43. The molecule has 3 rings (SSSR count). The zero-order valence-electron chi connectivity index (χ0n) is 22.7. The van der Waals surface area contributed by atoms with Crippen molar-refractivity contribution in [2.45, 2.75) is 76.9 Å². The molecule has 0 saturated heterocycles. The monoisotopic (exact) mass is 614 g/mol. The van der Waals surface area contributed by atoms with Gasteiger partial charge < -0.3 is 9.47 Å². The fourth-order valence-electron chi connectivity index (χ4n) is 4.78. The summed E-state index contributed by atoms with van der Waals surface area (Å²) < 4.78 is 132. The minimum atomic E-state index is -5.17. The number of benzene rings is 2. The number of alkyl halides is 9. The van der Waals surface area contributed by atoms with Gasteiger partial charge in [0.2, 0.25) is 0 Å². The molecule has 0 aromatic heterocycles. The summed E-state index contributed by atoms with van der Waals surface area (Å²) in [6, 6.07) is 1.06. The van der Waals surface area contributed by atoms with Crippen molar-refractivity contribution in [1.82, 2.24) is 4.90 Å². The molecule has 1 aliphatic heterocycles. The Kier molecular flexibility index (Phi) is 9.32. The zero-order chi connectivity index (χ0) is 31.8. The van der Waals surface area contributed by atoms with Crippen molar-refractivity contribution in [1.29, 1.82) is 0 Å². The Balaban J connectivity index is 2.23. The van der Waals surface area contributed by atoms with Crippen LogP contribution in [0.15, 0.2) is 36.4 Å². The van der Waals surface area contributed by atoms with Gasteiger partial charge in [-0.15, -0.1) is 0 Å². The van der Waals surface area contributed by atoms with E-state index >= 15 is 0 Å². The van der Waals surface area contributed by atoms with E-state index in [1.807, 2.05) is 0 Å². The van der Waals surface area contributed by atoms with E-state index in [4.69, 9.17) is 9.47 Å².